The molecule has 0 aromatic heterocycles. The van der Waals surface area contributed by atoms with Crippen molar-refractivity contribution in [3.63, 3.8) is 0 Å². The maximum atomic E-state index is 12.6. The summed E-state index contributed by atoms with van der Waals surface area (Å²) < 4.78 is 41.5. The topological polar surface area (TPSA) is 103 Å². The van der Waals surface area contributed by atoms with Gasteiger partial charge in [0.25, 0.3) is 0 Å². The van der Waals surface area contributed by atoms with Crippen LogP contribution in [0.3, 0.4) is 0 Å². The Labute approximate surface area is 164 Å². The predicted octanol–water partition coefficient (Wildman–Crippen LogP) is 2.33. The smallest absolute Gasteiger partial charge is 0.226 e. The van der Waals surface area contributed by atoms with Crippen molar-refractivity contribution in [2.45, 2.75) is 12.5 Å². The lowest BCUT2D eigenvalue weighted by Gasteiger charge is -2.19. The van der Waals surface area contributed by atoms with Gasteiger partial charge in [-0.2, -0.15) is 0 Å². The molecule has 1 unspecified atom stereocenters. The number of hydrogen-bond acceptors (Lipinski definition) is 6. The molecule has 8 nitrogen and oxygen atoms in total. The minimum absolute atomic E-state index is 0.111. The van der Waals surface area contributed by atoms with Crippen LogP contribution in [0.4, 0.5) is 5.69 Å². The summed E-state index contributed by atoms with van der Waals surface area (Å²) in [5.74, 6) is 1.26. The molecule has 2 aromatic rings. The molecule has 0 aliphatic carbocycles. The van der Waals surface area contributed by atoms with Crippen LogP contribution in [-0.2, 0) is 14.8 Å². The second kappa shape index (κ2) is 9.43. The molecule has 28 heavy (non-hydrogen) atoms. The van der Waals surface area contributed by atoms with Gasteiger partial charge >= 0.3 is 0 Å². The van der Waals surface area contributed by atoms with Gasteiger partial charge in [-0.1, -0.05) is 12.1 Å². The van der Waals surface area contributed by atoms with E-state index in [2.05, 4.69) is 10.0 Å². The highest BCUT2D eigenvalue weighted by molar-refractivity contribution is 7.88. The lowest BCUT2D eigenvalue weighted by molar-refractivity contribution is -0.116. The highest BCUT2D eigenvalue weighted by atomic mass is 32.2. The van der Waals surface area contributed by atoms with Gasteiger partial charge in [-0.25, -0.2) is 13.1 Å². The number of anilines is 1. The molecule has 0 heterocycles. The van der Waals surface area contributed by atoms with Gasteiger partial charge in [-0.3, -0.25) is 4.79 Å². The zero-order valence-electron chi connectivity index (χ0n) is 16.2. The van der Waals surface area contributed by atoms with Crippen LogP contribution in [-0.4, -0.2) is 41.9 Å². The number of rotatable bonds is 9. The van der Waals surface area contributed by atoms with Gasteiger partial charge in [-0.15, -0.1) is 0 Å². The Kier molecular flexibility index (Phi) is 7.24. The zero-order valence-corrected chi connectivity index (χ0v) is 17.0. The molecule has 2 N–H and O–H groups in total. The Morgan fingerprint density at radius 2 is 1.57 bits per heavy atom. The van der Waals surface area contributed by atoms with Crippen molar-refractivity contribution in [1.29, 1.82) is 0 Å². The minimum Gasteiger partial charge on any atom is -0.497 e. The van der Waals surface area contributed by atoms with Crippen LogP contribution in [0.25, 0.3) is 0 Å². The fourth-order valence-corrected chi connectivity index (χ4v) is 3.36. The van der Waals surface area contributed by atoms with Crippen LogP contribution in [0.5, 0.6) is 17.2 Å². The van der Waals surface area contributed by atoms with Gasteiger partial charge in [-0.05, 0) is 29.8 Å². The van der Waals surface area contributed by atoms with Crippen LogP contribution in [0.15, 0.2) is 42.5 Å². The summed E-state index contributed by atoms with van der Waals surface area (Å²) in [5.41, 5.74) is 1.07. The van der Waals surface area contributed by atoms with E-state index >= 15 is 0 Å². The first kappa shape index (κ1) is 21.5. The molecule has 1 amide bonds. The van der Waals surface area contributed by atoms with Crippen molar-refractivity contribution < 1.29 is 27.4 Å². The first-order valence-electron chi connectivity index (χ1n) is 8.39. The lowest BCUT2D eigenvalue weighted by Crippen LogP contribution is -2.30. The lowest BCUT2D eigenvalue weighted by atomic mass is 10.0. The van der Waals surface area contributed by atoms with E-state index in [1.807, 2.05) is 0 Å². The minimum atomic E-state index is -3.54. The number of carbonyl (C=O) groups is 1. The number of methoxy groups -OCH3 is 3. The van der Waals surface area contributed by atoms with Gasteiger partial charge in [0.2, 0.25) is 15.9 Å². The van der Waals surface area contributed by atoms with E-state index in [0.717, 1.165) is 6.26 Å². The Balaban J connectivity index is 2.22. The van der Waals surface area contributed by atoms with Gasteiger partial charge in [0.15, 0.2) is 0 Å². The number of ether oxygens (including phenoxy) is 3. The maximum absolute atomic E-state index is 12.6. The fraction of sp³-hybridized carbons (Fsp3) is 0.316. The number of sulfonamides is 1. The molecule has 0 fully saturated rings. The molecule has 0 aliphatic heterocycles. The third-order valence-corrected chi connectivity index (χ3v) is 4.66. The molecular weight excluding hydrogens is 384 g/mol. The number of nitrogens with one attached hydrogen (secondary N) is 2. The van der Waals surface area contributed by atoms with Crippen LogP contribution in [0, 0.1) is 0 Å². The van der Waals surface area contributed by atoms with E-state index in [1.54, 1.807) is 42.5 Å². The number of hydrogen-bond donors (Lipinski definition) is 2. The molecule has 9 heteroatoms. The third kappa shape index (κ3) is 6.14. The molecule has 0 saturated carbocycles. The molecule has 0 saturated heterocycles. The average molecular weight is 408 g/mol. The Morgan fingerprint density at radius 1 is 0.964 bits per heavy atom. The van der Waals surface area contributed by atoms with Gasteiger partial charge in [0, 0.05) is 12.5 Å². The molecule has 0 spiro atoms. The first-order valence-corrected chi connectivity index (χ1v) is 10.3. The Bertz CT molecular complexity index is 913. The second-order valence-electron chi connectivity index (χ2n) is 6.03. The molecule has 1 atom stereocenters. The van der Waals surface area contributed by atoms with Crippen molar-refractivity contribution >= 4 is 21.6 Å². The maximum Gasteiger partial charge on any atom is 0.226 e. The molecule has 152 valence electrons. The normalized spacial score (nSPS) is 12.1. The summed E-state index contributed by atoms with van der Waals surface area (Å²) >= 11 is 0. The average Bonchev–Trinajstić information content (AvgIpc) is 2.66. The monoisotopic (exact) mass is 408 g/mol. The van der Waals surface area contributed by atoms with E-state index < -0.39 is 16.1 Å². The van der Waals surface area contributed by atoms with E-state index in [9.17, 15) is 13.2 Å². The van der Waals surface area contributed by atoms with Crippen molar-refractivity contribution in [2.75, 3.05) is 32.9 Å². The largest absolute Gasteiger partial charge is 0.497 e. The van der Waals surface area contributed by atoms with Crippen molar-refractivity contribution in [1.82, 2.24) is 4.72 Å². The fourth-order valence-electron chi connectivity index (χ4n) is 2.62. The zero-order chi connectivity index (χ0) is 20.7. The highest BCUT2D eigenvalue weighted by Crippen LogP contribution is 2.30. The van der Waals surface area contributed by atoms with E-state index in [4.69, 9.17) is 14.2 Å². The summed E-state index contributed by atoms with van der Waals surface area (Å²) in [6.07, 6.45) is 0.937. The summed E-state index contributed by atoms with van der Waals surface area (Å²) in [7, 11) is 1.01. The summed E-state index contributed by atoms with van der Waals surface area (Å²) in [6.45, 7) is 0. The van der Waals surface area contributed by atoms with Gasteiger partial charge in [0.05, 0.1) is 39.3 Å². The number of benzene rings is 2. The molecule has 0 aliphatic rings. The van der Waals surface area contributed by atoms with Crippen molar-refractivity contribution in [3.8, 4) is 17.2 Å². The summed E-state index contributed by atoms with van der Waals surface area (Å²) in [6, 6.07) is 11.1. The quantitative estimate of drug-likeness (QED) is 0.660. The Hall–Kier alpha value is -2.78. The molecule has 0 radical (unpaired) electrons. The first-order chi connectivity index (χ1) is 13.3. The molecular formula is C19H24N2O6S. The van der Waals surface area contributed by atoms with E-state index in [1.165, 1.54) is 21.3 Å². The standard InChI is InChI=1S/C19H24N2O6S/c1-25-14-7-5-13(6-8-14)16(21-28(4,23)24)12-19(22)20-17-11-15(26-2)9-10-18(17)27-3/h5-11,16,21H,12H2,1-4H3,(H,20,22). The number of carbonyl (C=O) groups excluding carboxylic acids is 1. The van der Waals surface area contributed by atoms with Crippen LogP contribution >= 0.6 is 0 Å². The van der Waals surface area contributed by atoms with E-state index in [0.29, 0.717) is 28.5 Å². The van der Waals surface area contributed by atoms with Crippen molar-refractivity contribution in [3.05, 3.63) is 48.0 Å². The predicted molar refractivity (Wildman–Crippen MR) is 107 cm³/mol. The molecule has 0 bridgehead atoms. The van der Waals surface area contributed by atoms with E-state index in [-0.39, 0.29) is 12.3 Å². The molecule has 2 aromatic carbocycles. The van der Waals surface area contributed by atoms with Gasteiger partial charge < -0.3 is 19.5 Å². The highest BCUT2D eigenvalue weighted by Gasteiger charge is 2.21. The third-order valence-electron chi connectivity index (χ3n) is 3.94. The Morgan fingerprint density at radius 3 is 2.11 bits per heavy atom. The number of amides is 1. The van der Waals surface area contributed by atoms with Crippen LogP contribution in [0.2, 0.25) is 0 Å². The second-order valence-corrected chi connectivity index (χ2v) is 7.81. The molecule has 2 rings (SSSR count). The van der Waals surface area contributed by atoms with Crippen LogP contribution in [0.1, 0.15) is 18.0 Å². The summed E-state index contributed by atoms with van der Waals surface area (Å²) in [4.78, 5) is 12.6. The SMILES string of the molecule is COc1ccc(C(CC(=O)Nc2cc(OC)ccc2OC)NS(C)(=O)=O)cc1. The van der Waals surface area contributed by atoms with Gasteiger partial charge in [0.1, 0.15) is 17.2 Å². The van der Waals surface area contributed by atoms with Crippen LogP contribution < -0.4 is 24.2 Å². The van der Waals surface area contributed by atoms with Crippen molar-refractivity contribution in [2.24, 2.45) is 0 Å². The summed E-state index contributed by atoms with van der Waals surface area (Å²) in [5, 5.41) is 2.74.